The molecule has 0 saturated heterocycles. The molecule has 118 valence electrons. The lowest BCUT2D eigenvalue weighted by Gasteiger charge is -2.14. The number of hydrogen-bond donors (Lipinski definition) is 0. The van der Waals surface area contributed by atoms with Crippen molar-refractivity contribution in [1.29, 1.82) is 0 Å². The first-order chi connectivity index (χ1) is 11.8. The van der Waals surface area contributed by atoms with E-state index in [1.807, 2.05) is 36.4 Å². The predicted octanol–water partition coefficient (Wildman–Crippen LogP) is 4.65. The van der Waals surface area contributed by atoms with Gasteiger partial charge >= 0.3 is 0 Å². The minimum absolute atomic E-state index is 0.0149. The Morgan fingerprint density at radius 3 is 2.71 bits per heavy atom. The van der Waals surface area contributed by atoms with Crippen LogP contribution < -0.4 is 0 Å². The Hall–Kier alpha value is -2.72. The van der Waals surface area contributed by atoms with Gasteiger partial charge in [-0.3, -0.25) is 4.98 Å². The molecule has 2 aromatic carbocycles. The van der Waals surface area contributed by atoms with Crippen molar-refractivity contribution in [2.45, 2.75) is 12.3 Å². The van der Waals surface area contributed by atoms with Crippen LogP contribution in [0.25, 0.3) is 10.9 Å². The lowest BCUT2D eigenvalue weighted by atomic mass is 9.91. The quantitative estimate of drug-likeness (QED) is 0.545. The van der Waals surface area contributed by atoms with Crippen molar-refractivity contribution >= 4 is 22.5 Å². The Morgan fingerprint density at radius 1 is 1.04 bits per heavy atom. The fourth-order valence-corrected chi connectivity index (χ4v) is 2.99. The fraction of sp³-hybridized carbons (Fsp3) is 0.105. The first-order valence-corrected chi connectivity index (χ1v) is 8.02. The highest BCUT2D eigenvalue weighted by molar-refractivity contribution is 6.30. The summed E-state index contributed by atoms with van der Waals surface area (Å²) in [5.41, 5.74) is 3.27. The third kappa shape index (κ3) is 3.01. The molecule has 0 amide bonds. The Morgan fingerprint density at radius 2 is 1.92 bits per heavy atom. The van der Waals surface area contributed by atoms with Crippen LogP contribution in [0.5, 0.6) is 0 Å². The van der Waals surface area contributed by atoms with E-state index in [-0.39, 0.29) is 5.92 Å². The highest BCUT2D eigenvalue weighted by atomic mass is 35.5. The van der Waals surface area contributed by atoms with E-state index in [0.717, 1.165) is 22.9 Å². The lowest BCUT2D eigenvalue weighted by Crippen LogP contribution is -2.06. The number of pyridine rings is 1. The summed E-state index contributed by atoms with van der Waals surface area (Å²) < 4.78 is 5.47. The SMILES string of the molecule is Clc1ccc(C(Cc2ccc3ncccc3c2)c2nnco2)cc1. The normalized spacial score (nSPS) is 12.4. The monoisotopic (exact) mass is 335 g/mol. The minimum Gasteiger partial charge on any atom is -0.427 e. The fourth-order valence-electron chi connectivity index (χ4n) is 2.86. The van der Waals surface area contributed by atoms with E-state index in [4.69, 9.17) is 16.0 Å². The van der Waals surface area contributed by atoms with Gasteiger partial charge in [-0.15, -0.1) is 10.2 Å². The van der Waals surface area contributed by atoms with Crippen LogP contribution in [0.15, 0.2) is 71.6 Å². The van der Waals surface area contributed by atoms with Crippen molar-refractivity contribution in [3.8, 4) is 0 Å². The standard InChI is InChI=1S/C19H14ClN3O/c20-16-6-4-14(5-7-16)17(19-23-22-12-24-19)11-13-3-8-18-15(10-13)2-1-9-21-18/h1-10,12,17H,11H2. The molecule has 0 N–H and O–H groups in total. The van der Waals surface area contributed by atoms with Gasteiger partial charge in [-0.25, -0.2) is 0 Å². The van der Waals surface area contributed by atoms with Crippen LogP contribution in [0.3, 0.4) is 0 Å². The summed E-state index contributed by atoms with van der Waals surface area (Å²) >= 11 is 6.01. The van der Waals surface area contributed by atoms with Gasteiger partial charge in [0.25, 0.3) is 0 Å². The molecule has 2 heterocycles. The summed E-state index contributed by atoms with van der Waals surface area (Å²) in [5, 5.41) is 9.77. The molecule has 0 aliphatic rings. The number of aromatic nitrogens is 3. The Balaban J connectivity index is 1.71. The zero-order valence-corrected chi connectivity index (χ0v) is 13.5. The van der Waals surface area contributed by atoms with Crippen molar-refractivity contribution in [2.75, 3.05) is 0 Å². The number of nitrogens with zero attached hydrogens (tertiary/aromatic N) is 3. The Kier molecular flexibility index (Phi) is 3.97. The summed E-state index contributed by atoms with van der Waals surface area (Å²) in [7, 11) is 0. The van der Waals surface area contributed by atoms with E-state index >= 15 is 0 Å². The second kappa shape index (κ2) is 6.42. The minimum atomic E-state index is -0.0149. The highest BCUT2D eigenvalue weighted by Gasteiger charge is 2.20. The summed E-state index contributed by atoms with van der Waals surface area (Å²) in [5.74, 6) is 0.586. The predicted molar refractivity (Wildman–Crippen MR) is 93.0 cm³/mol. The molecule has 0 bridgehead atoms. The highest BCUT2D eigenvalue weighted by Crippen LogP contribution is 2.29. The number of benzene rings is 2. The van der Waals surface area contributed by atoms with Gasteiger partial charge in [0.05, 0.1) is 11.4 Å². The van der Waals surface area contributed by atoms with Crippen LogP contribution in [-0.4, -0.2) is 15.2 Å². The summed E-state index contributed by atoms with van der Waals surface area (Å²) in [6.45, 7) is 0. The zero-order valence-electron chi connectivity index (χ0n) is 12.8. The molecule has 5 heteroatoms. The van der Waals surface area contributed by atoms with Gasteiger partial charge < -0.3 is 4.42 Å². The molecule has 2 aromatic heterocycles. The van der Waals surface area contributed by atoms with Gasteiger partial charge in [0.1, 0.15) is 0 Å². The maximum atomic E-state index is 6.01. The van der Waals surface area contributed by atoms with Gasteiger partial charge in [0.2, 0.25) is 12.3 Å². The molecule has 4 aromatic rings. The molecule has 0 spiro atoms. The molecular formula is C19H14ClN3O. The molecule has 0 saturated carbocycles. The second-order valence-electron chi connectivity index (χ2n) is 5.62. The van der Waals surface area contributed by atoms with Crippen LogP contribution in [-0.2, 0) is 6.42 Å². The molecule has 1 atom stereocenters. The zero-order chi connectivity index (χ0) is 16.4. The van der Waals surface area contributed by atoms with Gasteiger partial charge in [-0.1, -0.05) is 35.9 Å². The third-order valence-corrected chi connectivity index (χ3v) is 4.31. The van der Waals surface area contributed by atoms with Gasteiger partial charge in [-0.05, 0) is 47.9 Å². The molecule has 4 rings (SSSR count). The van der Waals surface area contributed by atoms with Crippen LogP contribution in [0.2, 0.25) is 5.02 Å². The van der Waals surface area contributed by atoms with Crippen molar-refractivity contribution in [3.63, 3.8) is 0 Å². The third-order valence-electron chi connectivity index (χ3n) is 4.05. The van der Waals surface area contributed by atoms with E-state index in [1.54, 1.807) is 6.20 Å². The average Bonchev–Trinajstić information content (AvgIpc) is 3.15. The summed E-state index contributed by atoms with van der Waals surface area (Å²) in [4.78, 5) is 4.36. The Bertz CT molecular complexity index is 952. The largest absolute Gasteiger partial charge is 0.427 e. The first-order valence-electron chi connectivity index (χ1n) is 7.65. The Labute approximate surface area is 144 Å². The molecule has 0 aliphatic carbocycles. The van der Waals surface area contributed by atoms with Crippen LogP contribution >= 0.6 is 11.6 Å². The first kappa shape index (κ1) is 14.8. The number of rotatable bonds is 4. The van der Waals surface area contributed by atoms with Crippen molar-refractivity contribution in [3.05, 3.63) is 89.2 Å². The van der Waals surface area contributed by atoms with E-state index in [9.17, 15) is 0 Å². The van der Waals surface area contributed by atoms with E-state index in [1.165, 1.54) is 12.0 Å². The molecule has 0 fully saturated rings. The second-order valence-corrected chi connectivity index (χ2v) is 6.05. The number of fused-ring (bicyclic) bond motifs is 1. The molecule has 4 nitrogen and oxygen atoms in total. The maximum absolute atomic E-state index is 6.01. The lowest BCUT2D eigenvalue weighted by molar-refractivity contribution is 0.467. The van der Waals surface area contributed by atoms with Gasteiger partial charge in [0.15, 0.2) is 0 Å². The number of halogens is 1. The molecule has 0 aliphatic heterocycles. The molecule has 24 heavy (non-hydrogen) atoms. The smallest absolute Gasteiger partial charge is 0.224 e. The van der Waals surface area contributed by atoms with Crippen molar-refractivity contribution in [1.82, 2.24) is 15.2 Å². The van der Waals surface area contributed by atoms with Crippen LogP contribution in [0.1, 0.15) is 22.9 Å². The summed E-state index contributed by atoms with van der Waals surface area (Å²) in [6.07, 6.45) is 3.92. The van der Waals surface area contributed by atoms with Crippen molar-refractivity contribution < 1.29 is 4.42 Å². The number of hydrogen-bond acceptors (Lipinski definition) is 4. The van der Waals surface area contributed by atoms with Crippen LogP contribution in [0, 0.1) is 0 Å². The van der Waals surface area contributed by atoms with Crippen LogP contribution in [0.4, 0.5) is 0 Å². The van der Waals surface area contributed by atoms with Gasteiger partial charge in [0, 0.05) is 16.6 Å². The van der Waals surface area contributed by atoms with Gasteiger partial charge in [-0.2, -0.15) is 0 Å². The molecule has 0 radical (unpaired) electrons. The van der Waals surface area contributed by atoms with E-state index < -0.39 is 0 Å². The molecule has 1 unspecified atom stereocenters. The van der Waals surface area contributed by atoms with E-state index in [2.05, 4.69) is 33.4 Å². The summed E-state index contributed by atoms with van der Waals surface area (Å²) in [6, 6.07) is 18.1. The molecular weight excluding hydrogens is 322 g/mol. The van der Waals surface area contributed by atoms with Crippen molar-refractivity contribution in [2.24, 2.45) is 0 Å². The topological polar surface area (TPSA) is 51.8 Å². The average molecular weight is 336 g/mol. The van der Waals surface area contributed by atoms with E-state index in [0.29, 0.717) is 10.9 Å². The maximum Gasteiger partial charge on any atom is 0.224 e.